The van der Waals surface area contributed by atoms with Gasteiger partial charge in [0.25, 0.3) is 0 Å². The maximum Gasteiger partial charge on any atom is 0.0381 e. The topological polar surface area (TPSA) is 12.0 Å². The Kier molecular flexibility index (Phi) is 22.5. The lowest BCUT2D eigenvalue weighted by Gasteiger charge is -2.23. The van der Waals surface area contributed by atoms with Crippen molar-refractivity contribution >= 4 is 5.69 Å². The van der Waals surface area contributed by atoms with Crippen molar-refractivity contribution < 1.29 is 0 Å². The summed E-state index contributed by atoms with van der Waals surface area (Å²) in [6.07, 6.45) is 46.5. The summed E-state index contributed by atoms with van der Waals surface area (Å²) >= 11 is 0. The first-order valence-electron chi connectivity index (χ1n) is 17.0. The molecule has 1 aromatic carbocycles. The monoisotopic (exact) mass is 581 g/mol. The summed E-state index contributed by atoms with van der Waals surface area (Å²) in [5.74, 6) is 0. The van der Waals surface area contributed by atoms with E-state index in [0.29, 0.717) is 5.41 Å². The number of benzene rings is 1. The van der Waals surface area contributed by atoms with Crippen molar-refractivity contribution in [2.24, 2.45) is 5.41 Å². The van der Waals surface area contributed by atoms with E-state index in [-0.39, 0.29) is 0 Å². The summed E-state index contributed by atoms with van der Waals surface area (Å²) < 4.78 is 0. The van der Waals surface area contributed by atoms with Crippen LogP contribution in [0.4, 0.5) is 5.69 Å². The highest BCUT2D eigenvalue weighted by Crippen LogP contribution is 2.29. The molecule has 43 heavy (non-hydrogen) atoms. The molecule has 0 spiro atoms. The van der Waals surface area contributed by atoms with Crippen molar-refractivity contribution in [3.8, 4) is 0 Å². The van der Waals surface area contributed by atoms with Crippen molar-refractivity contribution in [1.82, 2.24) is 0 Å². The summed E-state index contributed by atoms with van der Waals surface area (Å²) in [5, 5.41) is 3.73. The smallest absolute Gasteiger partial charge is 0.0381 e. The third kappa shape index (κ3) is 22.2. The molecule has 0 aliphatic carbocycles. The van der Waals surface area contributed by atoms with Crippen molar-refractivity contribution in [3.05, 3.63) is 126 Å². The van der Waals surface area contributed by atoms with Crippen LogP contribution in [0.15, 0.2) is 121 Å². The Bertz CT molecular complexity index is 1070. The van der Waals surface area contributed by atoms with E-state index < -0.39 is 0 Å². The lowest BCUT2D eigenvalue weighted by molar-refractivity contribution is 0.322. The molecule has 1 aromatic rings. The van der Waals surface area contributed by atoms with Crippen LogP contribution in [0.2, 0.25) is 0 Å². The molecule has 0 amide bonds. The molecule has 0 aliphatic heterocycles. The van der Waals surface area contributed by atoms with E-state index in [2.05, 4.69) is 156 Å². The molecule has 1 heteroatoms. The number of allylic oxidation sites excluding steroid dienone is 16. The van der Waals surface area contributed by atoms with E-state index in [1.165, 1.54) is 35.4 Å². The fraction of sp³-hybridized carbons (Fsp3) is 0.476. The van der Waals surface area contributed by atoms with Gasteiger partial charge in [0.2, 0.25) is 0 Å². The van der Waals surface area contributed by atoms with E-state index in [0.717, 1.165) is 70.6 Å². The number of nitrogens with one attached hydrogen (secondary N) is 1. The van der Waals surface area contributed by atoms with E-state index in [9.17, 15) is 0 Å². The van der Waals surface area contributed by atoms with Gasteiger partial charge in [-0.1, -0.05) is 136 Å². The zero-order chi connectivity index (χ0) is 31.4. The zero-order valence-electron chi connectivity index (χ0n) is 28.6. The number of hydrogen-bond donors (Lipinski definition) is 1. The van der Waals surface area contributed by atoms with Crippen molar-refractivity contribution in [1.29, 1.82) is 0 Å². The summed E-state index contributed by atoms with van der Waals surface area (Å²) in [7, 11) is 0. The van der Waals surface area contributed by atoms with Gasteiger partial charge in [-0.3, -0.25) is 0 Å². The highest BCUT2D eigenvalue weighted by molar-refractivity contribution is 5.49. The van der Waals surface area contributed by atoms with Crippen LogP contribution in [0, 0.1) is 12.3 Å². The van der Waals surface area contributed by atoms with Crippen LogP contribution >= 0.6 is 0 Å². The molecule has 0 radical (unpaired) electrons. The average Bonchev–Trinajstić information content (AvgIpc) is 3.00. The van der Waals surface area contributed by atoms with Gasteiger partial charge in [-0.2, -0.15) is 0 Å². The van der Waals surface area contributed by atoms with E-state index in [1.54, 1.807) is 0 Å². The molecule has 0 saturated carbocycles. The van der Waals surface area contributed by atoms with Gasteiger partial charge in [-0.15, -0.1) is 0 Å². The third-order valence-electron chi connectivity index (χ3n) is 7.80. The maximum atomic E-state index is 3.73. The second-order valence-electron chi connectivity index (χ2n) is 12.2. The molecule has 1 N–H and O–H groups in total. The molecule has 1 rings (SSSR count). The lowest BCUT2D eigenvalue weighted by Crippen LogP contribution is -2.11. The van der Waals surface area contributed by atoms with Gasteiger partial charge >= 0.3 is 0 Å². The first-order chi connectivity index (χ1) is 20.9. The summed E-state index contributed by atoms with van der Waals surface area (Å²) in [4.78, 5) is 0. The van der Waals surface area contributed by atoms with Gasteiger partial charge in [-0.25, -0.2) is 0 Å². The van der Waals surface area contributed by atoms with Crippen molar-refractivity contribution in [3.63, 3.8) is 0 Å². The Balaban J connectivity index is 2.84. The van der Waals surface area contributed by atoms with Gasteiger partial charge in [0.15, 0.2) is 0 Å². The van der Waals surface area contributed by atoms with Crippen LogP contribution in [-0.2, 0) is 0 Å². The Morgan fingerprint density at radius 2 is 1.21 bits per heavy atom. The molecule has 0 saturated heterocycles. The molecule has 0 unspecified atom stereocenters. The molecule has 0 atom stereocenters. The highest BCUT2D eigenvalue weighted by atomic mass is 14.9. The molecule has 236 valence electrons. The van der Waals surface area contributed by atoms with Crippen LogP contribution < -0.4 is 5.32 Å². The van der Waals surface area contributed by atoms with Gasteiger partial charge in [-0.05, 0) is 115 Å². The largest absolute Gasteiger partial charge is 0.359 e. The average molecular weight is 582 g/mol. The van der Waals surface area contributed by atoms with Gasteiger partial charge in [0.1, 0.15) is 0 Å². The fourth-order valence-electron chi connectivity index (χ4n) is 4.44. The predicted molar refractivity (Wildman–Crippen MR) is 197 cm³/mol. The maximum absolute atomic E-state index is 3.73. The Morgan fingerprint density at radius 1 is 0.651 bits per heavy atom. The fourth-order valence-corrected chi connectivity index (χ4v) is 4.44. The van der Waals surface area contributed by atoms with Crippen LogP contribution in [0.1, 0.15) is 124 Å². The van der Waals surface area contributed by atoms with Crippen molar-refractivity contribution in [2.75, 3.05) is 5.32 Å². The Hall–Kier alpha value is -3.06. The molecule has 0 fully saturated rings. The van der Waals surface area contributed by atoms with Crippen LogP contribution in [0.5, 0.6) is 0 Å². The van der Waals surface area contributed by atoms with E-state index in [1.807, 2.05) is 0 Å². The minimum atomic E-state index is 0.354. The number of aryl methyl sites for hydroxylation is 1. The zero-order valence-corrected chi connectivity index (χ0v) is 28.6. The molecule has 0 bridgehead atoms. The normalized spacial score (nSPS) is 13.8. The van der Waals surface area contributed by atoms with Crippen LogP contribution in [-0.4, -0.2) is 0 Å². The number of unbranched alkanes of at least 4 members (excludes halogenated alkanes) is 3. The van der Waals surface area contributed by atoms with Crippen LogP contribution in [0.25, 0.3) is 0 Å². The molecular weight excluding hydrogens is 518 g/mol. The number of hydrogen-bond acceptors (Lipinski definition) is 1. The third-order valence-corrected chi connectivity index (χ3v) is 7.80. The predicted octanol–water partition coefficient (Wildman–Crippen LogP) is 13.7. The minimum absolute atomic E-state index is 0.354. The molecule has 0 heterocycles. The second kappa shape index (κ2) is 25.4. The van der Waals surface area contributed by atoms with E-state index >= 15 is 0 Å². The summed E-state index contributed by atoms with van der Waals surface area (Å²) in [5.41, 5.74) is 5.57. The molecule has 0 aliphatic rings. The number of anilines is 1. The first kappa shape index (κ1) is 38.0. The number of rotatable bonds is 23. The molecule has 1 nitrogen and oxygen atoms in total. The standard InChI is InChI=1S/C42H63N/c1-7-10-12-14-16-17-18-19-20-22-24-26-29-39(28-25-23-21-15-13-11-8-2)30-27-31-40(36-37-42(5,6)9-3)43-41-34-32-38(4)33-35-41/h7-8,10-11,16-17,20-23,26,29-35,43H,9,12-15,18-19,24-25,27-28,36-37H2,1-6H3. The Morgan fingerprint density at radius 3 is 1.79 bits per heavy atom. The quantitative estimate of drug-likeness (QED) is 0.0770. The minimum Gasteiger partial charge on any atom is -0.359 e. The summed E-state index contributed by atoms with van der Waals surface area (Å²) in [6.45, 7) is 13.4. The van der Waals surface area contributed by atoms with Gasteiger partial charge in [0, 0.05) is 11.4 Å². The van der Waals surface area contributed by atoms with Crippen molar-refractivity contribution in [2.45, 2.75) is 125 Å². The van der Waals surface area contributed by atoms with Crippen LogP contribution in [0.3, 0.4) is 0 Å². The SMILES string of the molecule is CC=CCCC=CCCC=CCC=CC(=CCC=C(CCC(C)(C)CC)Nc1ccc(C)cc1)CCC=CCCC=CC. The van der Waals surface area contributed by atoms with Gasteiger partial charge in [0.05, 0.1) is 0 Å². The lowest BCUT2D eigenvalue weighted by atomic mass is 9.84. The first-order valence-corrected chi connectivity index (χ1v) is 17.0. The highest BCUT2D eigenvalue weighted by Gasteiger charge is 2.15. The second-order valence-corrected chi connectivity index (χ2v) is 12.2. The Labute approximate surface area is 267 Å². The molecular formula is C42H63N. The van der Waals surface area contributed by atoms with Gasteiger partial charge < -0.3 is 5.32 Å². The molecule has 0 aromatic heterocycles. The van der Waals surface area contributed by atoms with E-state index in [4.69, 9.17) is 0 Å². The summed E-state index contributed by atoms with van der Waals surface area (Å²) in [6, 6.07) is 8.75.